The average Bonchev–Trinajstić information content (AvgIpc) is 2.37. The minimum absolute atomic E-state index is 0.111. The maximum absolute atomic E-state index is 9.76. The first-order valence-electron chi connectivity index (χ1n) is 7.16. The number of benzene rings is 1. The summed E-state index contributed by atoms with van der Waals surface area (Å²) in [5, 5.41) is 13.5. The Hall–Kier alpha value is -0.860. The second kappa shape index (κ2) is 6.35. The summed E-state index contributed by atoms with van der Waals surface area (Å²) in [5.41, 5.74) is 1.35. The van der Waals surface area contributed by atoms with Crippen LogP contribution in [-0.4, -0.2) is 17.3 Å². The number of hydrogen-bond acceptors (Lipinski definition) is 2. The fraction of sp³-hybridized carbons (Fsp3) is 0.625. The van der Waals surface area contributed by atoms with Crippen LogP contribution >= 0.6 is 0 Å². The maximum Gasteiger partial charge on any atom is 0.0555 e. The molecule has 0 aromatic heterocycles. The molecule has 100 valence electrons. The van der Waals surface area contributed by atoms with Crippen molar-refractivity contribution in [2.45, 2.75) is 57.7 Å². The number of hydrogen-bond donors (Lipinski definition) is 2. The van der Waals surface area contributed by atoms with E-state index in [2.05, 4.69) is 49.5 Å². The molecular formula is C16H25NO. The predicted octanol–water partition coefficient (Wildman–Crippen LogP) is 3.28. The van der Waals surface area contributed by atoms with Crippen molar-refractivity contribution < 1.29 is 5.11 Å². The third-order valence-corrected chi connectivity index (χ3v) is 3.89. The van der Waals surface area contributed by atoms with Gasteiger partial charge in [0.05, 0.1) is 6.10 Å². The molecule has 1 aliphatic rings. The topological polar surface area (TPSA) is 32.3 Å². The summed E-state index contributed by atoms with van der Waals surface area (Å²) in [5.74, 6) is 0.562. The van der Waals surface area contributed by atoms with Gasteiger partial charge < -0.3 is 10.4 Å². The average molecular weight is 247 g/mol. The Morgan fingerprint density at radius 3 is 2.50 bits per heavy atom. The summed E-state index contributed by atoms with van der Waals surface area (Å²) in [6.07, 6.45) is 4.08. The second-order valence-electron chi connectivity index (χ2n) is 5.82. The van der Waals surface area contributed by atoms with Crippen molar-refractivity contribution in [3.63, 3.8) is 0 Å². The second-order valence-corrected chi connectivity index (χ2v) is 5.82. The Labute approximate surface area is 110 Å². The molecule has 0 spiro atoms. The fourth-order valence-corrected chi connectivity index (χ4v) is 2.90. The van der Waals surface area contributed by atoms with Crippen LogP contribution in [0.5, 0.6) is 0 Å². The van der Waals surface area contributed by atoms with Crippen molar-refractivity contribution in [3.8, 4) is 0 Å². The fourth-order valence-electron chi connectivity index (χ4n) is 2.90. The van der Waals surface area contributed by atoms with Crippen LogP contribution in [0.3, 0.4) is 0 Å². The third-order valence-electron chi connectivity index (χ3n) is 3.89. The van der Waals surface area contributed by atoms with Gasteiger partial charge in [-0.1, -0.05) is 44.2 Å². The molecule has 2 nitrogen and oxygen atoms in total. The summed E-state index contributed by atoms with van der Waals surface area (Å²) in [4.78, 5) is 0. The Balaban J connectivity index is 2.03. The van der Waals surface area contributed by atoms with Crippen molar-refractivity contribution in [2.75, 3.05) is 0 Å². The lowest BCUT2D eigenvalue weighted by Crippen LogP contribution is -2.40. The molecule has 2 rings (SSSR count). The molecule has 0 bridgehead atoms. The summed E-state index contributed by atoms with van der Waals surface area (Å²) < 4.78 is 0. The van der Waals surface area contributed by atoms with Gasteiger partial charge in [-0.25, -0.2) is 0 Å². The molecule has 18 heavy (non-hydrogen) atoms. The van der Waals surface area contributed by atoms with E-state index in [-0.39, 0.29) is 6.10 Å². The van der Waals surface area contributed by atoms with Gasteiger partial charge in [0.2, 0.25) is 0 Å². The zero-order valence-corrected chi connectivity index (χ0v) is 11.5. The van der Waals surface area contributed by atoms with Crippen LogP contribution in [0.2, 0.25) is 0 Å². The molecule has 0 heterocycles. The Kier molecular flexibility index (Phi) is 4.79. The smallest absolute Gasteiger partial charge is 0.0555 e. The highest BCUT2D eigenvalue weighted by atomic mass is 16.3. The minimum Gasteiger partial charge on any atom is -0.393 e. The molecule has 1 aromatic carbocycles. The quantitative estimate of drug-likeness (QED) is 0.856. The summed E-state index contributed by atoms with van der Waals surface area (Å²) in [6, 6.07) is 11.5. The lowest BCUT2D eigenvalue weighted by molar-refractivity contribution is 0.106. The standard InChI is InChI=1S/C16H25NO/c1-12(2)16(13-7-4-3-5-8-13)17-14-9-6-10-15(18)11-14/h3-5,7-8,12,14-18H,6,9-11H2,1-2H3. The van der Waals surface area contributed by atoms with Gasteiger partial charge in [-0.15, -0.1) is 0 Å². The Morgan fingerprint density at radius 1 is 1.17 bits per heavy atom. The molecule has 2 N–H and O–H groups in total. The lowest BCUT2D eigenvalue weighted by Gasteiger charge is -2.33. The highest BCUT2D eigenvalue weighted by Gasteiger charge is 2.24. The van der Waals surface area contributed by atoms with E-state index in [0.717, 1.165) is 19.3 Å². The molecule has 3 atom stereocenters. The third kappa shape index (κ3) is 3.56. The number of aliphatic hydroxyl groups excluding tert-OH is 1. The largest absolute Gasteiger partial charge is 0.393 e. The van der Waals surface area contributed by atoms with Gasteiger partial charge in [0.1, 0.15) is 0 Å². The zero-order chi connectivity index (χ0) is 13.0. The van der Waals surface area contributed by atoms with E-state index in [9.17, 15) is 5.11 Å². The van der Waals surface area contributed by atoms with Crippen molar-refractivity contribution >= 4 is 0 Å². The van der Waals surface area contributed by atoms with Crippen LogP contribution < -0.4 is 5.32 Å². The van der Waals surface area contributed by atoms with E-state index in [4.69, 9.17) is 0 Å². The first-order chi connectivity index (χ1) is 8.66. The van der Waals surface area contributed by atoms with Crippen molar-refractivity contribution in [2.24, 2.45) is 5.92 Å². The maximum atomic E-state index is 9.76. The number of nitrogens with one attached hydrogen (secondary N) is 1. The van der Waals surface area contributed by atoms with Gasteiger partial charge in [0.15, 0.2) is 0 Å². The van der Waals surface area contributed by atoms with Gasteiger partial charge >= 0.3 is 0 Å². The Bertz CT molecular complexity index is 349. The van der Waals surface area contributed by atoms with E-state index >= 15 is 0 Å². The highest BCUT2D eigenvalue weighted by Crippen LogP contribution is 2.26. The zero-order valence-electron chi connectivity index (χ0n) is 11.5. The van der Waals surface area contributed by atoms with Crippen molar-refractivity contribution in [1.29, 1.82) is 0 Å². The molecule has 0 saturated heterocycles. The normalized spacial score (nSPS) is 26.2. The molecule has 0 radical (unpaired) electrons. The molecule has 1 saturated carbocycles. The van der Waals surface area contributed by atoms with E-state index < -0.39 is 0 Å². The molecule has 3 unspecified atom stereocenters. The van der Waals surface area contributed by atoms with Crippen molar-refractivity contribution in [1.82, 2.24) is 5.32 Å². The van der Waals surface area contributed by atoms with Gasteiger partial charge in [0.25, 0.3) is 0 Å². The van der Waals surface area contributed by atoms with E-state index in [0.29, 0.717) is 18.0 Å². The lowest BCUT2D eigenvalue weighted by atomic mass is 9.89. The summed E-state index contributed by atoms with van der Waals surface area (Å²) in [7, 11) is 0. The summed E-state index contributed by atoms with van der Waals surface area (Å²) in [6.45, 7) is 4.51. The van der Waals surface area contributed by atoms with Crippen molar-refractivity contribution in [3.05, 3.63) is 35.9 Å². The van der Waals surface area contributed by atoms with E-state index in [1.165, 1.54) is 12.0 Å². The molecule has 0 amide bonds. The van der Waals surface area contributed by atoms with Gasteiger partial charge in [0, 0.05) is 12.1 Å². The molecule has 1 aliphatic carbocycles. The van der Waals surface area contributed by atoms with Gasteiger partial charge in [-0.3, -0.25) is 0 Å². The highest BCUT2D eigenvalue weighted by molar-refractivity contribution is 5.19. The summed E-state index contributed by atoms with van der Waals surface area (Å²) >= 11 is 0. The van der Waals surface area contributed by atoms with Crippen LogP contribution in [-0.2, 0) is 0 Å². The van der Waals surface area contributed by atoms with Crippen LogP contribution in [0.4, 0.5) is 0 Å². The van der Waals surface area contributed by atoms with E-state index in [1.54, 1.807) is 0 Å². The molecule has 0 aliphatic heterocycles. The van der Waals surface area contributed by atoms with Crippen LogP contribution in [0.25, 0.3) is 0 Å². The number of aliphatic hydroxyl groups is 1. The van der Waals surface area contributed by atoms with E-state index in [1.807, 2.05) is 0 Å². The minimum atomic E-state index is -0.111. The molecule has 1 aromatic rings. The van der Waals surface area contributed by atoms with Crippen LogP contribution in [0, 0.1) is 5.92 Å². The Morgan fingerprint density at radius 2 is 1.89 bits per heavy atom. The molecule has 2 heteroatoms. The predicted molar refractivity (Wildman–Crippen MR) is 75.4 cm³/mol. The number of rotatable bonds is 4. The first-order valence-corrected chi connectivity index (χ1v) is 7.16. The van der Waals surface area contributed by atoms with Gasteiger partial charge in [-0.2, -0.15) is 0 Å². The monoisotopic (exact) mass is 247 g/mol. The first kappa shape index (κ1) is 13.6. The SMILES string of the molecule is CC(C)C(NC1CCCC(O)C1)c1ccccc1. The molecular weight excluding hydrogens is 222 g/mol. The molecule has 1 fully saturated rings. The van der Waals surface area contributed by atoms with Gasteiger partial charge in [-0.05, 0) is 37.2 Å². The van der Waals surface area contributed by atoms with Crippen LogP contribution in [0.1, 0.15) is 51.1 Å². The van der Waals surface area contributed by atoms with Crippen LogP contribution in [0.15, 0.2) is 30.3 Å².